The van der Waals surface area contributed by atoms with Crippen LogP contribution in [0.15, 0.2) is 17.0 Å². The van der Waals surface area contributed by atoms with Crippen LogP contribution in [0.1, 0.15) is 0 Å². The average Bonchev–Trinajstić information content (AvgIpc) is 2.07. The van der Waals surface area contributed by atoms with Crippen LogP contribution in [0.5, 0.6) is 5.75 Å². The molecule has 1 rings (SSSR count). The number of methoxy groups -OCH3 is 1. The first-order valence-electron chi connectivity index (χ1n) is 3.42. The lowest BCUT2D eigenvalue weighted by Crippen LogP contribution is -2.16. The molecule has 1 aromatic carbocycles. The molecular formula is C7H7F2NO3S. The minimum atomic E-state index is -4.34. The second-order valence-electron chi connectivity index (χ2n) is 2.44. The fourth-order valence-corrected chi connectivity index (χ4v) is 1.72. The number of halogens is 2. The number of hydrogen-bond acceptors (Lipinski definition) is 3. The number of primary sulfonamides is 1. The molecule has 0 spiro atoms. The summed E-state index contributed by atoms with van der Waals surface area (Å²) in [6.45, 7) is 0. The van der Waals surface area contributed by atoms with Crippen molar-refractivity contribution in [3.63, 3.8) is 0 Å². The minimum Gasteiger partial charge on any atom is -0.495 e. The van der Waals surface area contributed by atoms with E-state index in [9.17, 15) is 17.2 Å². The van der Waals surface area contributed by atoms with Gasteiger partial charge in [-0.25, -0.2) is 22.3 Å². The Morgan fingerprint density at radius 1 is 1.36 bits per heavy atom. The second kappa shape index (κ2) is 3.50. The fraction of sp³-hybridized carbons (Fsp3) is 0.143. The summed E-state index contributed by atoms with van der Waals surface area (Å²) >= 11 is 0. The molecule has 0 aromatic heterocycles. The molecule has 0 saturated carbocycles. The predicted octanol–water partition coefficient (Wildman–Crippen LogP) is 0.621. The molecule has 0 unspecified atom stereocenters. The topological polar surface area (TPSA) is 69.4 Å². The van der Waals surface area contributed by atoms with Crippen molar-refractivity contribution in [1.82, 2.24) is 0 Å². The molecule has 14 heavy (non-hydrogen) atoms. The van der Waals surface area contributed by atoms with Crippen molar-refractivity contribution in [1.29, 1.82) is 0 Å². The standard InChI is InChI=1S/C7H7F2NO3S/c1-13-5-3-2-4(8)6(9)7(5)14(10,11)12/h2-3H,1H3,(H2,10,11,12). The van der Waals surface area contributed by atoms with Crippen LogP contribution in [0.4, 0.5) is 8.78 Å². The van der Waals surface area contributed by atoms with Crippen molar-refractivity contribution in [3.8, 4) is 5.75 Å². The van der Waals surface area contributed by atoms with Crippen molar-refractivity contribution < 1.29 is 21.9 Å². The summed E-state index contributed by atoms with van der Waals surface area (Å²) in [7, 11) is -3.21. The van der Waals surface area contributed by atoms with Gasteiger partial charge in [0.25, 0.3) is 0 Å². The number of nitrogens with two attached hydrogens (primary N) is 1. The lowest BCUT2D eigenvalue weighted by atomic mass is 10.3. The van der Waals surface area contributed by atoms with Gasteiger partial charge >= 0.3 is 0 Å². The number of sulfonamides is 1. The van der Waals surface area contributed by atoms with E-state index in [4.69, 9.17) is 0 Å². The van der Waals surface area contributed by atoms with E-state index in [2.05, 4.69) is 9.88 Å². The molecule has 0 fully saturated rings. The molecule has 0 aliphatic heterocycles. The highest BCUT2D eigenvalue weighted by Gasteiger charge is 2.23. The minimum absolute atomic E-state index is 0.327. The lowest BCUT2D eigenvalue weighted by Gasteiger charge is -2.07. The molecule has 0 radical (unpaired) electrons. The Labute approximate surface area is 79.3 Å². The summed E-state index contributed by atoms with van der Waals surface area (Å²) in [6, 6.07) is 1.74. The first-order chi connectivity index (χ1) is 6.38. The number of rotatable bonds is 2. The lowest BCUT2D eigenvalue weighted by molar-refractivity contribution is 0.386. The van der Waals surface area contributed by atoms with Crippen molar-refractivity contribution in [3.05, 3.63) is 23.8 Å². The quantitative estimate of drug-likeness (QED) is 0.799. The molecule has 1 aromatic rings. The van der Waals surface area contributed by atoms with Crippen LogP contribution in [0, 0.1) is 11.6 Å². The van der Waals surface area contributed by atoms with Gasteiger partial charge in [-0.2, -0.15) is 0 Å². The Balaban J connectivity index is 3.60. The largest absolute Gasteiger partial charge is 0.495 e. The molecule has 0 saturated heterocycles. The number of benzene rings is 1. The van der Waals surface area contributed by atoms with E-state index < -0.39 is 26.6 Å². The monoisotopic (exact) mass is 223 g/mol. The molecule has 0 aliphatic rings. The summed E-state index contributed by atoms with van der Waals surface area (Å²) in [5.41, 5.74) is 0. The normalized spacial score (nSPS) is 11.4. The smallest absolute Gasteiger partial charge is 0.244 e. The maximum Gasteiger partial charge on any atom is 0.244 e. The molecule has 0 amide bonds. The van der Waals surface area contributed by atoms with E-state index in [0.29, 0.717) is 0 Å². The van der Waals surface area contributed by atoms with Crippen LogP contribution in [-0.2, 0) is 10.0 Å². The predicted molar refractivity (Wildman–Crippen MR) is 44.3 cm³/mol. The molecule has 0 bridgehead atoms. The highest BCUT2D eigenvalue weighted by Crippen LogP contribution is 2.26. The third-order valence-corrected chi connectivity index (χ3v) is 2.47. The zero-order valence-corrected chi connectivity index (χ0v) is 7.94. The van der Waals surface area contributed by atoms with E-state index in [1.165, 1.54) is 0 Å². The van der Waals surface area contributed by atoms with Gasteiger partial charge in [0.05, 0.1) is 7.11 Å². The van der Waals surface area contributed by atoms with Gasteiger partial charge in [0.2, 0.25) is 10.0 Å². The maximum atomic E-state index is 13.0. The highest BCUT2D eigenvalue weighted by atomic mass is 32.2. The summed E-state index contributed by atoms with van der Waals surface area (Å²) < 4.78 is 52.0. The molecule has 4 nitrogen and oxygen atoms in total. The van der Waals surface area contributed by atoms with Crippen LogP contribution in [0.3, 0.4) is 0 Å². The molecule has 0 atom stereocenters. The van der Waals surface area contributed by atoms with Crippen molar-refractivity contribution in [2.75, 3.05) is 7.11 Å². The van der Waals surface area contributed by atoms with E-state index >= 15 is 0 Å². The van der Waals surface area contributed by atoms with E-state index in [1.807, 2.05) is 0 Å². The van der Waals surface area contributed by atoms with Crippen molar-refractivity contribution in [2.24, 2.45) is 5.14 Å². The number of hydrogen-bond donors (Lipinski definition) is 1. The Morgan fingerprint density at radius 3 is 2.36 bits per heavy atom. The average molecular weight is 223 g/mol. The van der Waals surface area contributed by atoms with Crippen LogP contribution < -0.4 is 9.88 Å². The molecule has 0 aliphatic carbocycles. The van der Waals surface area contributed by atoms with Crippen LogP contribution in [-0.4, -0.2) is 15.5 Å². The number of ether oxygens (including phenoxy) is 1. The van der Waals surface area contributed by atoms with Gasteiger partial charge in [-0.05, 0) is 12.1 Å². The zero-order valence-electron chi connectivity index (χ0n) is 7.12. The van der Waals surface area contributed by atoms with Gasteiger partial charge in [-0.1, -0.05) is 0 Å². The van der Waals surface area contributed by atoms with E-state index in [-0.39, 0.29) is 5.75 Å². The fourth-order valence-electron chi connectivity index (χ4n) is 0.940. The van der Waals surface area contributed by atoms with E-state index in [1.54, 1.807) is 0 Å². The first-order valence-corrected chi connectivity index (χ1v) is 4.97. The zero-order chi connectivity index (χ0) is 10.9. The van der Waals surface area contributed by atoms with Gasteiger partial charge in [0.15, 0.2) is 16.5 Å². The molecule has 78 valence electrons. The molecular weight excluding hydrogens is 216 g/mol. The molecule has 7 heteroatoms. The summed E-state index contributed by atoms with van der Waals surface area (Å²) in [5, 5.41) is 4.69. The van der Waals surface area contributed by atoms with Gasteiger partial charge in [0.1, 0.15) is 5.75 Å². The Kier molecular flexibility index (Phi) is 2.72. The maximum absolute atomic E-state index is 13.0. The third kappa shape index (κ3) is 1.83. The van der Waals surface area contributed by atoms with Crippen molar-refractivity contribution >= 4 is 10.0 Å². The van der Waals surface area contributed by atoms with Gasteiger partial charge in [-0.15, -0.1) is 0 Å². The Hall–Kier alpha value is -1.21. The summed E-state index contributed by atoms with van der Waals surface area (Å²) in [5.74, 6) is -3.16. The third-order valence-electron chi connectivity index (χ3n) is 1.52. The molecule has 0 heterocycles. The Morgan fingerprint density at radius 2 is 1.93 bits per heavy atom. The Bertz CT molecular complexity index is 458. The second-order valence-corrected chi connectivity index (χ2v) is 3.94. The first kappa shape index (κ1) is 10.9. The summed E-state index contributed by atoms with van der Waals surface area (Å²) in [4.78, 5) is -0.972. The van der Waals surface area contributed by atoms with Gasteiger partial charge < -0.3 is 4.74 Å². The highest BCUT2D eigenvalue weighted by molar-refractivity contribution is 7.89. The summed E-state index contributed by atoms with van der Waals surface area (Å²) in [6.07, 6.45) is 0. The van der Waals surface area contributed by atoms with E-state index in [0.717, 1.165) is 19.2 Å². The van der Waals surface area contributed by atoms with Gasteiger partial charge in [-0.3, -0.25) is 0 Å². The molecule has 2 N–H and O–H groups in total. The van der Waals surface area contributed by atoms with Crippen LogP contribution >= 0.6 is 0 Å². The van der Waals surface area contributed by atoms with Crippen LogP contribution in [0.2, 0.25) is 0 Å². The van der Waals surface area contributed by atoms with Crippen molar-refractivity contribution in [2.45, 2.75) is 4.90 Å². The van der Waals surface area contributed by atoms with Crippen LogP contribution in [0.25, 0.3) is 0 Å². The SMILES string of the molecule is COc1ccc(F)c(F)c1S(N)(=O)=O. The van der Waals surface area contributed by atoms with Gasteiger partial charge in [0, 0.05) is 0 Å².